The predicted octanol–water partition coefficient (Wildman–Crippen LogP) is 2.15. The maximum Gasteiger partial charge on any atom is 0.255 e. The van der Waals surface area contributed by atoms with Crippen LogP contribution >= 0.6 is 0 Å². The van der Waals surface area contributed by atoms with Crippen molar-refractivity contribution in [1.29, 1.82) is 5.26 Å². The molecule has 2 N–H and O–H groups in total. The average Bonchev–Trinajstić information content (AvgIpc) is 3.49. The zero-order valence-corrected chi connectivity index (χ0v) is 15.6. The second kappa shape index (κ2) is 7.49. The molecule has 0 bridgehead atoms. The summed E-state index contributed by atoms with van der Waals surface area (Å²) in [6.45, 7) is -7.05. The average molecular weight is 427 g/mol. The summed E-state index contributed by atoms with van der Waals surface area (Å²) in [5.74, 6) is -1.98. The molecule has 1 saturated heterocycles. The standard InChI is InChI=1S/C22H19FN6O2/c23-15-3-1-2-13(11-24)20(15)16-10-18(21-17(26-16)12-25-22(21)31)29-9-6-19(27-29)28-7-4-14(30)5-8-28/h1-3,6,9-10,14,30H,4-5,7-8,12H2,(H,25,31)/i4D2,5D2,7D2,8D2,14D. The van der Waals surface area contributed by atoms with Crippen molar-refractivity contribution in [1.82, 2.24) is 20.1 Å². The molecule has 0 spiro atoms. The zero-order valence-electron chi connectivity index (χ0n) is 24.6. The Bertz CT molecular complexity index is 1590. The van der Waals surface area contributed by atoms with E-state index in [2.05, 4.69) is 15.4 Å². The molecule has 8 nitrogen and oxygen atoms in total. The Kier molecular flexibility index (Phi) is 2.79. The van der Waals surface area contributed by atoms with E-state index in [0.29, 0.717) is 0 Å². The van der Waals surface area contributed by atoms with Gasteiger partial charge in [-0.1, -0.05) is 6.07 Å². The van der Waals surface area contributed by atoms with Gasteiger partial charge in [-0.25, -0.2) is 14.1 Å². The number of benzene rings is 1. The number of carbonyl (C=O) groups excluding carboxylic acids is 1. The Morgan fingerprint density at radius 1 is 1.32 bits per heavy atom. The fraction of sp³-hybridized carbons (Fsp3) is 0.273. The lowest BCUT2D eigenvalue weighted by Gasteiger charge is -2.29. The number of nitriles is 1. The molecule has 0 unspecified atom stereocenters. The molecule has 0 atom stereocenters. The number of piperidine rings is 1. The molecule has 2 aromatic heterocycles. The van der Waals surface area contributed by atoms with Crippen LogP contribution in [-0.4, -0.2) is 44.9 Å². The van der Waals surface area contributed by atoms with Gasteiger partial charge in [0.05, 0.1) is 53.8 Å². The van der Waals surface area contributed by atoms with Gasteiger partial charge in [0.1, 0.15) is 5.82 Å². The number of hydrogen-bond acceptors (Lipinski definition) is 6. The van der Waals surface area contributed by atoms with E-state index >= 15 is 0 Å². The molecule has 0 aliphatic carbocycles. The highest BCUT2D eigenvalue weighted by Gasteiger charge is 2.28. The van der Waals surface area contributed by atoms with E-state index in [1.54, 1.807) is 0 Å². The fourth-order valence-electron chi connectivity index (χ4n) is 3.36. The van der Waals surface area contributed by atoms with Gasteiger partial charge in [0.2, 0.25) is 0 Å². The number of anilines is 1. The van der Waals surface area contributed by atoms with Crippen LogP contribution < -0.4 is 10.2 Å². The Morgan fingerprint density at radius 2 is 2.13 bits per heavy atom. The molecule has 156 valence electrons. The van der Waals surface area contributed by atoms with Gasteiger partial charge in [0, 0.05) is 36.2 Å². The summed E-state index contributed by atoms with van der Waals surface area (Å²) < 4.78 is 89.3. The number of rotatable bonds is 3. The largest absolute Gasteiger partial charge is 0.393 e. The molecule has 9 heteroatoms. The summed E-state index contributed by atoms with van der Waals surface area (Å²) in [6, 6.07) is 7.99. The number of hydrogen-bond donors (Lipinski definition) is 2. The fourth-order valence-corrected chi connectivity index (χ4v) is 3.36. The Balaban J connectivity index is 1.71. The predicted molar refractivity (Wildman–Crippen MR) is 110 cm³/mol. The van der Waals surface area contributed by atoms with Gasteiger partial charge in [0.25, 0.3) is 5.91 Å². The summed E-state index contributed by atoms with van der Waals surface area (Å²) in [4.78, 5) is 17.1. The van der Waals surface area contributed by atoms with Crippen LogP contribution in [0.1, 0.15) is 46.7 Å². The first-order chi connectivity index (χ1) is 18.4. The third-order valence-electron chi connectivity index (χ3n) is 4.73. The van der Waals surface area contributed by atoms with Gasteiger partial charge in [-0.05, 0) is 30.9 Å². The number of halogens is 1. The minimum Gasteiger partial charge on any atom is -0.393 e. The van der Waals surface area contributed by atoms with Crippen LogP contribution in [0.25, 0.3) is 16.9 Å². The lowest BCUT2D eigenvalue weighted by atomic mass is 10.0. The lowest BCUT2D eigenvalue weighted by Crippen LogP contribution is -2.36. The molecule has 3 aromatic rings. The number of carbonyl (C=O) groups is 1. The van der Waals surface area contributed by atoms with E-state index in [9.17, 15) is 19.6 Å². The maximum atomic E-state index is 14.8. The second-order valence-corrected chi connectivity index (χ2v) is 6.58. The van der Waals surface area contributed by atoms with Gasteiger partial charge in [-0.15, -0.1) is 0 Å². The number of aromatic nitrogens is 3. The highest BCUT2D eigenvalue weighted by atomic mass is 19.1. The molecule has 1 aromatic carbocycles. The minimum absolute atomic E-state index is 0.00380. The van der Waals surface area contributed by atoms with Gasteiger partial charge < -0.3 is 15.3 Å². The third kappa shape index (κ3) is 3.31. The van der Waals surface area contributed by atoms with Crippen LogP contribution in [0.15, 0.2) is 36.5 Å². The smallest absolute Gasteiger partial charge is 0.255 e. The first-order valence-corrected chi connectivity index (χ1v) is 9.01. The van der Waals surface area contributed by atoms with Crippen LogP contribution in [-0.2, 0) is 6.54 Å². The van der Waals surface area contributed by atoms with E-state index in [1.807, 2.05) is 6.07 Å². The number of aliphatic hydroxyl groups is 1. The molecule has 1 fully saturated rings. The molecular formula is C22H19FN6O2. The summed E-state index contributed by atoms with van der Waals surface area (Å²) in [5.41, 5.74) is -0.0667. The molecule has 2 aliphatic rings. The number of nitrogens with zero attached hydrogens (tertiary/aromatic N) is 5. The van der Waals surface area contributed by atoms with Crippen molar-refractivity contribution in [3.05, 3.63) is 59.2 Å². The summed E-state index contributed by atoms with van der Waals surface area (Å²) in [5, 5.41) is 26.5. The zero-order chi connectivity index (χ0) is 29.6. The molecule has 2 aliphatic heterocycles. The normalized spacial score (nSPS) is 28.0. The first-order valence-electron chi connectivity index (χ1n) is 13.5. The van der Waals surface area contributed by atoms with E-state index < -0.39 is 49.4 Å². The third-order valence-corrected chi connectivity index (χ3v) is 4.73. The van der Waals surface area contributed by atoms with E-state index in [1.165, 1.54) is 18.2 Å². The first kappa shape index (κ1) is 11.6. The summed E-state index contributed by atoms with van der Waals surface area (Å²) in [6.07, 6.45) is -10.0. The molecule has 1 amide bonds. The van der Waals surface area contributed by atoms with Gasteiger partial charge in [-0.2, -0.15) is 10.4 Å². The van der Waals surface area contributed by atoms with Crippen molar-refractivity contribution < 1.29 is 26.6 Å². The minimum atomic E-state index is -3.84. The van der Waals surface area contributed by atoms with Gasteiger partial charge >= 0.3 is 0 Å². The van der Waals surface area contributed by atoms with Crippen molar-refractivity contribution in [2.45, 2.75) is 25.4 Å². The van der Waals surface area contributed by atoms with Gasteiger partial charge in [-0.3, -0.25) is 4.79 Å². The van der Waals surface area contributed by atoms with Crippen LogP contribution in [0, 0.1) is 17.1 Å². The number of fused-ring (bicyclic) bond motifs is 1. The SMILES string of the molecule is [2H]C1([2H])N(c2ccn(-c3cc(-c4c(F)cccc4C#N)nc4c3C(=O)NC4)n2)C([2H])([2H])C([2H])([2H])C([2H])(O)C1([2H])[2H]. The molecule has 0 radical (unpaired) electrons. The van der Waals surface area contributed by atoms with E-state index in [4.69, 9.17) is 12.3 Å². The van der Waals surface area contributed by atoms with Crippen molar-refractivity contribution in [3.63, 3.8) is 0 Å². The number of nitrogens with one attached hydrogen (secondary N) is 1. The summed E-state index contributed by atoms with van der Waals surface area (Å²) in [7, 11) is 0. The monoisotopic (exact) mass is 427 g/mol. The molecule has 4 heterocycles. The van der Waals surface area contributed by atoms with E-state index in [-0.39, 0.29) is 45.2 Å². The molecule has 0 saturated carbocycles. The quantitative estimate of drug-likeness (QED) is 0.663. The van der Waals surface area contributed by atoms with Crippen LogP contribution in [0.2, 0.25) is 0 Å². The lowest BCUT2D eigenvalue weighted by molar-refractivity contribution is 0.0965. The van der Waals surface area contributed by atoms with Crippen LogP contribution in [0.3, 0.4) is 0 Å². The van der Waals surface area contributed by atoms with Crippen molar-refractivity contribution in [2.24, 2.45) is 0 Å². The van der Waals surface area contributed by atoms with Crippen molar-refractivity contribution in [3.8, 4) is 23.0 Å². The Morgan fingerprint density at radius 3 is 2.90 bits per heavy atom. The van der Waals surface area contributed by atoms with Crippen molar-refractivity contribution in [2.75, 3.05) is 17.9 Å². The second-order valence-electron chi connectivity index (χ2n) is 6.58. The molecule has 31 heavy (non-hydrogen) atoms. The highest BCUT2D eigenvalue weighted by Crippen LogP contribution is 2.31. The van der Waals surface area contributed by atoms with Crippen LogP contribution in [0.5, 0.6) is 0 Å². The highest BCUT2D eigenvalue weighted by molar-refractivity contribution is 6.01. The summed E-state index contributed by atoms with van der Waals surface area (Å²) >= 11 is 0. The topological polar surface area (TPSA) is 107 Å². The van der Waals surface area contributed by atoms with E-state index in [0.717, 1.165) is 23.0 Å². The number of pyridine rings is 1. The molecular weight excluding hydrogens is 399 g/mol. The van der Waals surface area contributed by atoms with Crippen molar-refractivity contribution >= 4 is 11.7 Å². The van der Waals surface area contributed by atoms with Crippen LogP contribution in [0.4, 0.5) is 10.2 Å². The van der Waals surface area contributed by atoms with Gasteiger partial charge in [0.15, 0.2) is 5.82 Å². The number of amides is 1. The maximum absolute atomic E-state index is 14.8. The Hall–Kier alpha value is -3.77. The molecule has 5 rings (SSSR count). The Labute approximate surface area is 190 Å².